The Morgan fingerprint density at radius 3 is 2.59 bits per heavy atom. The Labute approximate surface area is 132 Å². The highest BCUT2D eigenvalue weighted by Gasteiger charge is 2.19. The second-order valence-corrected chi connectivity index (χ2v) is 5.23. The molecule has 2 heterocycles. The van der Waals surface area contributed by atoms with Gasteiger partial charge in [0, 0.05) is 10.7 Å². The largest absolute Gasteiger partial charge is 0.433 e. The number of rotatable bonds is 3. The van der Waals surface area contributed by atoms with Crippen LogP contribution in [0.25, 0.3) is 17.1 Å². The van der Waals surface area contributed by atoms with Gasteiger partial charge in [-0.3, -0.25) is 10.1 Å². The van der Waals surface area contributed by atoms with Gasteiger partial charge >= 0.3 is 5.88 Å². The van der Waals surface area contributed by atoms with E-state index < -0.39 is 10.8 Å². The Morgan fingerprint density at radius 1 is 1.27 bits per heavy atom. The third-order valence-electron chi connectivity index (χ3n) is 2.93. The number of hydrogen-bond donors (Lipinski definition) is 0. The van der Waals surface area contributed by atoms with Crippen LogP contribution >= 0.6 is 15.9 Å². The van der Waals surface area contributed by atoms with Crippen molar-refractivity contribution in [2.75, 3.05) is 0 Å². The third kappa shape index (κ3) is 2.49. The molecule has 0 aliphatic carbocycles. The molecule has 0 atom stereocenters. The van der Waals surface area contributed by atoms with Crippen LogP contribution in [-0.2, 0) is 0 Å². The molecule has 3 rings (SSSR count). The average molecular weight is 359 g/mol. The van der Waals surface area contributed by atoms with Crippen LogP contribution in [-0.4, -0.2) is 14.7 Å². The van der Waals surface area contributed by atoms with E-state index in [2.05, 4.69) is 21.0 Å². The lowest BCUT2D eigenvalue weighted by Crippen LogP contribution is -1.94. The molecule has 0 N–H and O–H groups in total. The molecule has 0 aliphatic rings. The van der Waals surface area contributed by atoms with Gasteiger partial charge in [0.1, 0.15) is 22.2 Å². The zero-order valence-corrected chi connectivity index (χ0v) is 12.5. The van der Waals surface area contributed by atoms with Crippen LogP contribution < -0.4 is 0 Å². The van der Waals surface area contributed by atoms with Crippen molar-refractivity contribution in [1.29, 1.82) is 5.26 Å². The molecular formula is C14H7BrN4O3. The van der Waals surface area contributed by atoms with Crippen molar-refractivity contribution in [1.82, 2.24) is 9.78 Å². The predicted molar refractivity (Wildman–Crippen MR) is 80.3 cm³/mol. The number of nitro groups is 1. The van der Waals surface area contributed by atoms with Crippen LogP contribution in [0.1, 0.15) is 5.56 Å². The van der Waals surface area contributed by atoms with E-state index in [0.29, 0.717) is 0 Å². The molecule has 0 unspecified atom stereocenters. The van der Waals surface area contributed by atoms with Gasteiger partial charge in [-0.15, -0.1) is 0 Å². The SMILES string of the molecule is N#Cc1cn(-c2ccc(Br)cc2)nc1-c1ccc([N+](=O)[O-])o1. The van der Waals surface area contributed by atoms with Crippen LogP contribution in [0.15, 0.2) is 51.5 Å². The quantitative estimate of drug-likeness (QED) is 0.525. The Kier molecular flexibility index (Phi) is 3.48. The number of furan rings is 1. The van der Waals surface area contributed by atoms with Crippen molar-refractivity contribution in [3.05, 3.63) is 62.7 Å². The van der Waals surface area contributed by atoms with Crippen LogP contribution in [0, 0.1) is 21.4 Å². The second kappa shape index (κ2) is 5.46. The number of benzene rings is 1. The highest BCUT2D eigenvalue weighted by atomic mass is 79.9. The fourth-order valence-corrected chi connectivity index (χ4v) is 2.18. The molecule has 0 amide bonds. The highest BCUT2D eigenvalue weighted by molar-refractivity contribution is 9.10. The average Bonchev–Trinajstić information content (AvgIpc) is 3.14. The third-order valence-corrected chi connectivity index (χ3v) is 3.46. The molecule has 0 saturated carbocycles. The van der Waals surface area contributed by atoms with Crippen molar-refractivity contribution in [2.45, 2.75) is 0 Å². The zero-order valence-electron chi connectivity index (χ0n) is 10.9. The summed E-state index contributed by atoms with van der Waals surface area (Å²) in [5, 5.41) is 24.2. The fourth-order valence-electron chi connectivity index (χ4n) is 1.92. The number of nitrogens with zero attached hydrogens (tertiary/aromatic N) is 4. The van der Waals surface area contributed by atoms with Gasteiger partial charge in [-0.1, -0.05) is 15.9 Å². The second-order valence-electron chi connectivity index (χ2n) is 4.32. The highest BCUT2D eigenvalue weighted by Crippen LogP contribution is 2.28. The van der Waals surface area contributed by atoms with E-state index in [1.54, 1.807) is 6.20 Å². The summed E-state index contributed by atoms with van der Waals surface area (Å²) in [5.41, 5.74) is 1.29. The first-order valence-corrected chi connectivity index (χ1v) is 6.88. The molecule has 0 bridgehead atoms. The molecule has 1 aromatic carbocycles. The standard InChI is InChI=1S/C14H7BrN4O3/c15-10-1-3-11(4-2-10)18-8-9(7-16)14(17-18)12-5-6-13(22-12)19(20)21/h1-6,8H. The molecule has 0 saturated heterocycles. The van der Waals surface area contributed by atoms with Gasteiger partial charge in [0.25, 0.3) is 0 Å². The summed E-state index contributed by atoms with van der Waals surface area (Å²) >= 11 is 3.34. The maximum Gasteiger partial charge on any atom is 0.433 e. The van der Waals surface area contributed by atoms with Crippen LogP contribution in [0.5, 0.6) is 0 Å². The minimum absolute atomic E-state index is 0.180. The molecule has 0 aliphatic heterocycles. The van der Waals surface area contributed by atoms with E-state index in [9.17, 15) is 15.4 Å². The Morgan fingerprint density at radius 2 is 2.00 bits per heavy atom. The summed E-state index contributed by atoms with van der Waals surface area (Å²) in [5.74, 6) is -0.212. The number of aromatic nitrogens is 2. The van der Waals surface area contributed by atoms with Gasteiger partial charge in [0.15, 0.2) is 5.76 Å². The van der Waals surface area contributed by atoms with Gasteiger partial charge in [-0.2, -0.15) is 10.4 Å². The van der Waals surface area contributed by atoms with Crippen molar-refractivity contribution < 1.29 is 9.34 Å². The summed E-state index contributed by atoms with van der Waals surface area (Å²) in [4.78, 5) is 10.0. The molecule has 0 spiro atoms. The van der Waals surface area contributed by atoms with E-state index in [-0.39, 0.29) is 17.0 Å². The molecule has 22 heavy (non-hydrogen) atoms. The Hall–Kier alpha value is -2.92. The van der Waals surface area contributed by atoms with Gasteiger partial charge < -0.3 is 4.42 Å². The smallest absolute Gasteiger partial charge is 0.399 e. The van der Waals surface area contributed by atoms with E-state index in [1.807, 2.05) is 30.3 Å². The summed E-state index contributed by atoms with van der Waals surface area (Å²) < 4.78 is 7.55. The van der Waals surface area contributed by atoms with Crippen LogP contribution in [0.3, 0.4) is 0 Å². The van der Waals surface area contributed by atoms with Gasteiger partial charge in [0.2, 0.25) is 0 Å². The first-order chi connectivity index (χ1) is 10.6. The molecule has 0 radical (unpaired) electrons. The molecule has 0 fully saturated rings. The zero-order chi connectivity index (χ0) is 15.7. The minimum atomic E-state index is -0.638. The summed E-state index contributed by atoms with van der Waals surface area (Å²) in [6, 6.07) is 12.0. The maximum absolute atomic E-state index is 10.7. The normalized spacial score (nSPS) is 10.4. The van der Waals surface area contributed by atoms with Crippen molar-refractivity contribution >= 4 is 21.8 Å². The number of nitriles is 1. The molecular weight excluding hydrogens is 352 g/mol. The van der Waals surface area contributed by atoms with E-state index in [0.717, 1.165) is 10.2 Å². The number of halogens is 1. The van der Waals surface area contributed by atoms with E-state index >= 15 is 0 Å². The van der Waals surface area contributed by atoms with E-state index in [1.165, 1.54) is 16.8 Å². The van der Waals surface area contributed by atoms with Crippen molar-refractivity contribution in [2.24, 2.45) is 0 Å². The van der Waals surface area contributed by atoms with Gasteiger partial charge in [-0.25, -0.2) is 4.68 Å². The fraction of sp³-hybridized carbons (Fsp3) is 0. The predicted octanol–water partition coefficient (Wildman–Crippen LogP) is 3.67. The number of hydrogen-bond acceptors (Lipinski definition) is 5. The monoisotopic (exact) mass is 358 g/mol. The molecule has 108 valence electrons. The van der Waals surface area contributed by atoms with Crippen LogP contribution in [0.2, 0.25) is 0 Å². The first-order valence-electron chi connectivity index (χ1n) is 6.09. The lowest BCUT2D eigenvalue weighted by molar-refractivity contribution is -0.401. The van der Waals surface area contributed by atoms with Gasteiger partial charge in [-0.05, 0) is 30.3 Å². The summed E-state index contributed by atoms with van der Waals surface area (Å²) in [6.45, 7) is 0. The lowest BCUT2D eigenvalue weighted by atomic mass is 10.2. The van der Waals surface area contributed by atoms with Crippen LogP contribution in [0.4, 0.5) is 5.88 Å². The topological polar surface area (TPSA) is 97.9 Å². The van der Waals surface area contributed by atoms with Crippen molar-refractivity contribution in [3.8, 4) is 23.2 Å². The molecule has 7 nitrogen and oxygen atoms in total. The minimum Gasteiger partial charge on any atom is -0.399 e. The summed E-state index contributed by atoms with van der Waals surface area (Å²) in [6.07, 6.45) is 1.55. The Bertz CT molecular complexity index is 890. The Balaban J connectivity index is 2.06. The summed E-state index contributed by atoms with van der Waals surface area (Å²) in [7, 11) is 0. The van der Waals surface area contributed by atoms with Crippen molar-refractivity contribution in [3.63, 3.8) is 0 Å². The molecule has 8 heteroatoms. The first kappa shape index (κ1) is 14.0. The molecule has 2 aromatic heterocycles. The van der Waals surface area contributed by atoms with Gasteiger partial charge in [0.05, 0.1) is 11.8 Å². The molecule has 3 aromatic rings. The maximum atomic E-state index is 10.7. The lowest BCUT2D eigenvalue weighted by Gasteiger charge is -2.00. The van der Waals surface area contributed by atoms with E-state index in [4.69, 9.17) is 4.42 Å².